The van der Waals surface area contributed by atoms with Gasteiger partial charge in [-0.05, 0) is 0 Å². The van der Waals surface area contributed by atoms with Crippen LogP contribution in [-0.2, 0) is 11.3 Å². The van der Waals surface area contributed by atoms with E-state index in [1.165, 1.54) is 6.26 Å². The van der Waals surface area contributed by atoms with Crippen LogP contribution in [0.25, 0.3) is 0 Å². The number of carbonyl (C=O) groups is 1. The van der Waals surface area contributed by atoms with E-state index < -0.39 is 0 Å². The first-order valence-electron chi connectivity index (χ1n) is 4.17. The molecule has 0 fully saturated rings. The van der Waals surface area contributed by atoms with Crippen LogP contribution >= 0.6 is 0 Å². The van der Waals surface area contributed by atoms with Crippen LogP contribution in [0.3, 0.4) is 0 Å². The molecule has 1 amide bonds. The molecule has 1 aromatic heterocycles. The smallest absolute Gasteiger partial charge is 0.225 e. The molecular weight excluding hydrogens is 168 g/mol. The van der Waals surface area contributed by atoms with Crippen molar-refractivity contribution in [2.75, 3.05) is 0 Å². The van der Waals surface area contributed by atoms with Crippen LogP contribution < -0.4 is 5.32 Å². The van der Waals surface area contributed by atoms with Crippen LogP contribution in [0.1, 0.15) is 26.3 Å². The number of amides is 1. The fourth-order valence-corrected chi connectivity index (χ4v) is 0.761. The number of nitrogens with zero attached hydrogens (tertiary/aromatic N) is 1. The summed E-state index contributed by atoms with van der Waals surface area (Å²) < 4.78 is 4.63. The zero-order chi connectivity index (χ0) is 9.90. The van der Waals surface area contributed by atoms with E-state index >= 15 is 0 Å². The van der Waals surface area contributed by atoms with Gasteiger partial charge in [0.05, 0.1) is 6.20 Å². The number of aromatic nitrogens is 1. The van der Waals surface area contributed by atoms with Gasteiger partial charge in [0, 0.05) is 17.5 Å². The lowest BCUT2D eigenvalue weighted by molar-refractivity contribution is -0.128. The third-order valence-electron chi connectivity index (χ3n) is 1.62. The third kappa shape index (κ3) is 2.89. The average Bonchev–Trinajstić information content (AvgIpc) is 2.50. The Morgan fingerprint density at radius 3 is 2.77 bits per heavy atom. The highest BCUT2D eigenvalue weighted by Crippen LogP contribution is 2.12. The molecule has 0 aromatic carbocycles. The molecule has 4 heteroatoms. The van der Waals surface area contributed by atoms with Crippen molar-refractivity contribution in [1.82, 2.24) is 10.5 Å². The predicted molar refractivity (Wildman–Crippen MR) is 47.8 cm³/mol. The van der Waals surface area contributed by atoms with Gasteiger partial charge in [0.1, 0.15) is 6.26 Å². The van der Waals surface area contributed by atoms with Crippen molar-refractivity contribution >= 4 is 5.91 Å². The van der Waals surface area contributed by atoms with Crippen molar-refractivity contribution in [1.29, 1.82) is 0 Å². The molecule has 0 saturated heterocycles. The summed E-state index contributed by atoms with van der Waals surface area (Å²) in [6.45, 7) is 6.08. The summed E-state index contributed by atoms with van der Waals surface area (Å²) in [7, 11) is 0. The topological polar surface area (TPSA) is 55.1 Å². The minimum absolute atomic E-state index is 0.0219. The SMILES string of the molecule is CC(C)(C)C(=O)NCc1cnoc1. The summed E-state index contributed by atoms with van der Waals surface area (Å²) in [6.07, 6.45) is 3.10. The van der Waals surface area contributed by atoms with Gasteiger partial charge in [-0.25, -0.2) is 0 Å². The summed E-state index contributed by atoms with van der Waals surface area (Å²) in [5.74, 6) is 0.0219. The van der Waals surface area contributed by atoms with Gasteiger partial charge in [0.2, 0.25) is 5.91 Å². The van der Waals surface area contributed by atoms with Crippen LogP contribution in [0.2, 0.25) is 0 Å². The van der Waals surface area contributed by atoms with Gasteiger partial charge >= 0.3 is 0 Å². The zero-order valence-electron chi connectivity index (χ0n) is 8.13. The van der Waals surface area contributed by atoms with E-state index in [-0.39, 0.29) is 11.3 Å². The van der Waals surface area contributed by atoms with Gasteiger partial charge in [0.25, 0.3) is 0 Å². The Balaban J connectivity index is 2.40. The van der Waals surface area contributed by atoms with Gasteiger partial charge in [-0.2, -0.15) is 0 Å². The fourth-order valence-electron chi connectivity index (χ4n) is 0.761. The molecule has 0 aliphatic rings. The molecule has 1 aromatic rings. The second-order valence-corrected chi connectivity index (χ2v) is 3.97. The second-order valence-electron chi connectivity index (χ2n) is 3.97. The largest absolute Gasteiger partial charge is 0.364 e. The van der Waals surface area contributed by atoms with Crippen LogP contribution in [-0.4, -0.2) is 11.1 Å². The van der Waals surface area contributed by atoms with Crippen molar-refractivity contribution in [2.45, 2.75) is 27.3 Å². The first-order valence-corrected chi connectivity index (χ1v) is 4.17. The average molecular weight is 182 g/mol. The molecule has 72 valence electrons. The van der Waals surface area contributed by atoms with Crippen LogP contribution in [0.5, 0.6) is 0 Å². The van der Waals surface area contributed by atoms with Gasteiger partial charge < -0.3 is 9.84 Å². The summed E-state index contributed by atoms with van der Waals surface area (Å²) in [5, 5.41) is 6.32. The molecule has 0 aliphatic carbocycles. The van der Waals surface area contributed by atoms with E-state index in [4.69, 9.17) is 0 Å². The van der Waals surface area contributed by atoms with Crippen molar-refractivity contribution in [3.63, 3.8) is 0 Å². The Morgan fingerprint density at radius 2 is 2.31 bits per heavy atom. The van der Waals surface area contributed by atoms with E-state index in [0.29, 0.717) is 6.54 Å². The molecule has 0 unspecified atom stereocenters. The van der Waals surface area contributed by atoms with Gasteiger partial charge in [-0.15, -0.1) is 0 Å². The number of hydrogen-bond acceptors (Lipinski definition) is 3. The molecule has 0 saturated carbocycles. The number of nitrogens with one attached hydrogen (secondary N) is 1. The second kappa shape index (κ2) is 3.60. The standard InChI is InChI=1S/C9H14N2O2/c1-9(2,3)8(12)10-4-7-5-11-13-6-7/h5-6H,4H2,1-3H3,(H,10,12). The molecule has 0 bridgehead atoms. The Kier molecular flexibility index (Phi) is 2.70. The van der Waals surface area contributed by atoms with Crippen LogP contribution in [0.4, 0.5) is 0 Å². The van der Waals surface area contributed by atoms with Crippen molar-refractivity contribution < 1.29 is 9.32 Å². The molecule has 4 nitrogen and oxygen atoms in total. The summed E-state index contributed by atoms with van der Waals surface area (Å²) in [4.78, 5) is 11.4. The van der Waals surface area contributed by atoms with E-state index in [9.17, 15) is 4.79 Å². The molecular formula is C9H14N2O2. The van der Waals surface area contributed by atoms with Crippen molar-refractivity contribution in [3.8, 4) is 0 Å². The van der Waals surface area contributed by atoms with E-state index in [0.717, 1.165) is 5.56 Å². The zero-order valence-corrected chi connectivity index (χ0v) is 8.13. The minimum Gasteiger partial charge on any atom is -0.364 e. The first kappa shape index (κ1) is 9.77. The maximum absolute atomic E-state index is 11.4. The highest BCUT2D eigenvalue weighted by Gasteiger charge is 2.20. The third-order valence-corrected chi connectivity index (χ3v) is 1.62. The van der Waals surface area contributed by atoms with E-state index in [1.807, 2.05) is 20.8 Å². The quantitative estimate of drug-likeness (QED) is 0.750. The van der Waals surface area contributed by atoms with E-state index in [2.05, 4.69) is 15.0 Å². The van der Waals surface area contributed by atoms with Gasteiger partial charge in [0.15, 0.2) is 0 Å². The van der Waals surface area contributed by atoms with Crippen LogP contribution in [0.15, 0.2) is 17.0 Å². The van der Waals surface area contributed by atoms with Crippen LogP contribution in [0, 0.1) is 5.41 Å². The predicted octanol–water partition coefficient (Wildman–Crippen LogP) is 1.34. The molecule has 1 N–H and O–H groups in total. The summed E-state index contributed by atoms with van der Waals surface area (Å²) in [5.41, 5.74) is 0.523. The number of rotatable bonds is 2. The maximum atomic E-state index is 11.4. The Bertz CT molecular complexity index is 272. The molecule has 13 heavy (non-hydrogen) atoms. The Labute approximate surface area is 77.3 Å². The Morgan fingerprint density at radius 1 is 1.62 bits per heavy atom. The van der Waals surface area contributed by atoms with Crippen molar-refractivity contribution in [2.24, 2.45) is 5.41 Å². The van der Waals surface area contributed by atoms with E-state index in [1.54, 1.807) is 6.20 Å². The summed E-state index contributed by atoms with van der Waals surface area (Å²) in [6, 6.07) is 0. The lowest BCUT2D eigenvalue weighted by Crippen LogP contribution is -2.34. The monoisotopic (exact) mass is 182 g/mol. The minimum atomic E-state index is -0.350. The molecule has 1 rings (SSSR count). The lowest BCUT2D eigenvalue weighted by Gasteiger charge is -2.16. The fraction of sp³-hybridized carbons (Fsp3) is 0.556. The first-order chi connectivity index (χ1) is 6.00. The molecule has 1 heterocycles. The summed E-state index contributed by atoms with van der Waals surface area (Å²) >= 11 is 0. The molecule has 0 atom stereocenters. The maximum Gasteiger partial charge on any atom is 0.225 e. The number of carbonyl (C=O) groups excluding carboxylic acids is 1. The normalized spacial score (nSPS) is 11.3. The highest BCUT2D eigenvalue weighted by molar-refractivity contribution is 5.81. The molecule has 0 radical (unpaired) electrons. The lowest BCUT2D eigenvalue weighted by atomic mass is 9.96. The highest BCUT2D eigenvalue weighted by atomic mass is 16.5. The van der Waals surface area contributed by atoms with Crippen molar-refractivity contribution in [3.05, 3.63) is 18.0 Å². The number of hydrogen-bond donors (Lipinski definition) is 1. The molecule has 0 aliphatic heterocycles. The Hall–Kier alpha value is -1.32. The van der Waals surface area contributed by atoms with Gasteiger partial charge in [-0.1, -0.05) is 25.9 Å². The molecule has 0 spiro atoms. The van der Waals surface area contributed by atoms with Gasteiger partial charge in [-0.3, -0.25) is 4.79 Å².